The lowest BCUT2D eigenvalue weighted by Crippen LogP contribution is -2.28. The molecule has 0 saturated carbocycles. The molecule has 0 N–H and O–H groups in total. The fourth-order valence-corrected chi connectivity index (χ4v) is 4.52. The zero-order valence-electron chi connectivity index (χ0n) is 19.9. The number of rotatable bonds is 8. The largest absolute Gasteiger partial charge is 0.353 e. The van der Waals surface area contributed by atoms with Crippen LogP contribution in [-0.4, -0.2) is 19.5 Å². The predicted molar refractivity (Wildman–Crippen MR) is 130 cm³/mol. The summed E-state index contributed by atoms with van der Waals surface area (Å²) in [6.07, 6.45) is 3.70. The quantitative estimate of drug-likeness (QED) is 0.290. The predicted octanol–water partition coefficient (Wildman–Crippen LogP) is 8.08. The van der Waals surface area contributed by atoms with E-state index in [0.717, 1.165) is 31.0 Å². The second-order valence-corrected chi connectivity index (χ2v) is 8.83. The zero-order valence-corrected chi connectivity index (χ0v) is 19.9. The second kappa shape index (κ2) is 11.4. The Morgan fingerprint density at radius 2 is 1.47 bits per heavy atom. The van der Waals surface area contributed by atoms with E-state index >= 15 is 0 Å². The van der Waals surface area contributed by atoms with E-state index in [0.29, 0.717) is 25.2 Å². The molecule has 1 saturated heterocycles. The molecule has 3 aromatic carbocycles. The van der Waals surface area contributed by atoms with E-state index in [1.54, 1.807) is 0 Å². The lowest BCUT2D eigenvalue weighted by atomic mass is 9.92. The van der Waals surface area contributed by atoms with Crippen LogP contribution < -0.4 is 0 Å². The Bertz CT molecular complexity index is 1250. The molecule has 0 bridgehead atoms. The minimum Gasteiger partial charge on any atom is -0.353 e. The van der Waals surface area contributed by atoms with Gasteiger partial charge in [-0.1, -0.05) is 49.1 Å². The van der Waals surface area contributed by atoms with Crippen molar-refractivity contribution in [3.63, 3.8) is 0 Å². The average molecular weight is 503 g/mol. The summed E-state index contributed by atoms with van der Waals surface area (Å²) in [6.45, 7) is 6.49. The first kappa shape index (κ1) is 26.0. The van der Waals surface area contributed by atoms with Crippen LogP contribution in [0, 0.1) is 35.0 Å². The normalized spacial score (nSPS) is 17.8. The first-order chi connectivity index (χ1) is 17.3. The molecule has 2 unspecified atom stereocenters. The lowest BCUT2D eigenvalue weighted by molar-refractivity contribution is -0.173. The Kier molecular flexibility index (Phi) is 8.21. The molecule has 0 aliphatic carbocycles. The van der Waals surface area contributed by atoms with Crippen LogP contribution in [0.2, 0.25) is 0 Å². The average Bonchev–Trinajstić information content (AvgIpc) is 2.88. The molecule has 190 valence electrons. The molecular formula is C29H27F5O2. The number of hydrogen-bond acceptors (Lipinski definition) is 2. The maximum Gasteiger partial charge on any atom is 0.167 e. The van der Waals surface area contributed by atoms with Gasteiger partial charge in [0.2, 0.25) is 0 Å². The fourth-order valence-electron chi connectivity index (χ4n) is 4.52. The Morgan fingerprint density at radius 3 is 2.06 bits per heavy atom. The van der Waals surface area contributed by atoms with Gasteiger partial charge in [0.25, 0.3) is 0 Å². The monoisotopic (exact) mass is 502 g/mol. The molecule has 1 fully saturated rings. The Morgan fingerprint density at radius 1 is 0.861 bits per heavy atom. The highest BCUT2D eigenvalue weighted by Gasteiger charge is 2.24. The first-order valence-electron chi connectivity index (χ1n) is 11.9. The van der Waals surface area contributed by atoms with Crippen molar-refractivity contribution in [1.29, 1.82) is 0 Å². The Labute approximate surface area is 207 Å². The molecule has 0 radical (unpaired) electrons. The van der Waals surface area contributed by atoms with Crippen molar-refractivity contribution in [2.75, 3.05) is 13.2 Å². The van der Waals surface area contributed by atoms with Gasteiger partial charge in [0, 0.05) is 28.9 Å². The SMILES string of the molecule is C=Cc1ccc(-c2ccc(-c3ccc(CCC4CCC(OCC)OC4)c(F)c3F)c(F)c2F)c(F)c1. The molecular weight excluding hydrogens is 475 g/mol. The van der Waals surface area contributed by atoms with E-state index in [1.807, 2.05) is 6.92 Å². The molecule has 2 atom stereocenters. The van der Waals surface area contributed by atoms with Gasteiger partial charge in [-0.3, -0.25) is 0 Å². The van der Waals surface area contributed by atoms with Crippen LogP contribution in [0.25, 0.3) is 28.3 Å². The third-order valence-electron chi connectivity index (χ3n) is 6.56. The van der Waals surface area contributed by atoms with Gasteiger partial charge in [-0.15, -0.1) is 0 Å². The van der Waals surface area contributed by atoms with E-state index in [4.69, 9.17) is 9.47 Å². The van der Waals surface area contributed by atoms with E-state index in [-0.39, 0.29) is 35.3 Å². The Balaban J connectivity index is 1.53. The second-order valence-electron chi connectivity index (χ2n) is 8.83. The molecule has 1 aliphatic rings. The molecule has 2 nitrogen and oxygen atoms in total. The van der Waals surface area contributed by atoms with Gasteiger partial charge in [-0.2, -0.15) is 0 Å². The summed E-state index contributed by atoms with van der Waals surface area (Å²) in [5, 5.41) is 0. The Hall–Kier alpha value is -3.03. The van der Waals surface area contributed by atoms with Crippen LogP contribution in [0.5, 0.6) is 0 Å². The summed E-state index contributed by atoms with van der Waals surface area (Å²) < 4.78 is 85.2. The third-order valence-corrected chi connectivity index (χ3v) is 6.56. The summed E-state index contributed by atoms with van der Waals surface area (Å²) in [7, 11) is 0. The summed E-state index contributed by atoms with van der Waals surface area (Å²) in [5.74, 6) is -5.62. The van der Waals surface area contributed by atoms with Gasteiger partial charge in [0.05, 0.1) is 6.61 Å². The highest BCUT2D eigenvalue weighted by molar-refractivity contribution is 5.73. The molecule has 36 heavy (non-hydrogen) atoms. The van der Waals surface area contributed by atoms with Crippen molar-refractivity contribution >= 4 is 6.08 Å². The van der Waals surface area contributed by atoms with Gasteiger partial charge in [-0.05, 0) is 55.7 Å². The van der Waals surface area contributed by atoms with Crippen LogP contribution in [0.1, 0.15) is 37.3 Å². The molecule has 0 aromatic heterocycles. The molecule has 1 heterocycles. The third kappa shape index (κ3) is 5.37. The number of hydrogen-bond donors (Lipinski definition) is 0. The van der Waals surface area contributed by atoms with E-state index in [9.17, 15) is 22.0 Å². The van der Waals surface area contributed by atoms with Gasteiger partial charge < -0.3 is 9.47 Å². The fraction of sp³-hybridized carbons (Fsp3) is 0.310. The van der Waals surface area contributed by atoms with Crippen LogP contribution >= 0.6 is 0 Å². The van der Waals surface area contributed by atoms with Crippen molar-refractivity contribution in [3.8, 4) is 22.3 Å². The van der Waals surface area contributed by atoms with Crippen LogP contribution in [0.4, 0.5) is 22.0 Å². The first-order valence-corrected chi connectivity index (χ1v) is 11.9. The number of benzene rings is 3. The van der Waals surface area contributed by atoms with Crippen molar-refractivity contribution in [2.24, 2.45) is 5.92 Å². The minimum absolute atomic E-state index is 0.148. The smallest absolute Gasteiger partial charge is 0.167 e. The topological polar surface area (TPSA) is 18.5 Å². The number of aryl methyl sites for hydroxylation is 1. The van der Waals surface area contributed by atoms with E-state index in [2.05, 4.69) is 6.58 Å². The summed E-state index contributed by atoms with van der Waals surface area (Å²) in [5.41, 5.74) is -0.665. The van der Waals surface area contributed by atoms with Gasteiger partial charge >= 0.3 is 0 Å². The maximum atomic E-state index is 15.0. The lowest BCUT2D eigenvalue weighted by Gasteiger charge is -2.28. The van der Waals surface area contributed by atoms with Crippen LogP contribution in [0.3, 0.4) is 0 Å². The molecule has 3 aromatic rings. The van der Waals surface area contributed by atoms with Crippen molar-refractivity contribution in [3.05, 3.63) is 89.3 Å². The molecule has 7 heteroatoms. The van der Waals surface area contributed by atoms with Gasteiger partial charge in [0.1, 0.15) is 5.82 Å². The molecule has 0 spiro atoms. The minimum atomic E-state index is -1.38. The summed E-state index contributed by atoms with van der Waals surface area (Å²) in [6, 6.07) is 8.89. The molecule has 1 aliphatic heterocycles. The van der Waals surface area contributed by atoms with Crippen molar-refractivity contribution in [1.82, 2.24) is 0 Å². The van der Waals surface area contributed by atoms with Crippen molar-refractivity contribution < 1.29 is 31.4 Å². The summed E-state index contributed by atoms with van der Waals surface area (Å²) >= 11 is 0. The van der Waals surface area contributed by atoms with Gasteiger partial charge in [-0.25, -0.2) is 22.0 Å². The van der Waals surface area contributed by atoms with E-state index < -0.39 is 40.2 Å². The standard InChI is InChI=1S/C29H27F5O2/c1-3-17-6-10-20(24(30)15-17)21-12-13-23(29(34)28(21)33)22-11-9-19(26(31)27(22)32)8-5-18-7-14-25(35-4-2)36-16-18/h3,6,9-13,15,18,25H,1,4-5,7-8,14,16H2,2H3. The number of ether oxygens (including phenoxy) is 2. The van der Waals surface area contributed by atoms with E-state index in [1.165, 1.54) is 30.3 Å². The molecule has 4 rings (SSSR count). The van der Waals surface area contributed by atoms with Gasteiger partial charge in [0.15, 0.2) is 29.6 Å². The van der Waals surface area contributed by atoms with Crippen molar-refractivity contribution in [2.45, 2.75) is 38.9 Å². The van der Waals surface area contributed by atoms with Crippen LogP contribution in [-0.2, 0) is 15.9 Å². The molecule has 0 amide bonds. The maximum absolute atomic E-state index is 15.0. The highest BCUT2D eigenvalue weighted by Crippen LogP contribution is 2.35. The van der Waals surface area contributed by atoms with Crippen LogP contribution in [0.15, 0.2) is 49.0 Å². The zero-order chi connectivity index (χ0) is 25.8. The number of halogens is 5. The summed E-state index contributed by atoms with van der Waals surface area (Å²) in [4.78, 5) is 0. The highest BCUT2D eigenvalue weighted by atomic mass is 19.2.